The van der Waals surface area contributed by atoms with Crippen LogP contribution in [0.3, 0.4) is 0 Å². The molecule has 1 aromatic carbocycles. The average Bonchev–Trinajstić information content (AvgIpc) is 2.32. The quantitative estimate of drug-likeness (QED) is 0.613. The maximum absolute atomic E-state index is 12.2. The molecule has 0 atom stereocenters. The fraction of sp³-hybridized carbons (Fsp3) is 0.462. The van der Waals surface area contributed by atoms with Crippen molar-refractivity contribution in [3.63, 3.8) is 0 Å². The second-order valence-electron chi connectivity index (χ2n) is 4.37. The predicted octanol–water partition coefficient (Wildman–Crippen LogP) is 1.73. The number of hydrogen-bond acceptors (Lipinski definition) is 3. The van der Waals surface area contributed by atoms with Crippen LogP contribution in [0.25, 0.3) is 0 Å². The summed E-state index contributed by atoms with van der Waals surface area (Å²) >= 11 is 0. The second-order valence-corrected chi connectivity index (χ2v) is 5.86. The van der Waals surface area contributed by atoms with Crippen molar-refractivity contribution in [3.8, 4) is 0 Å². The Morgan fingerprint density at radius 1 is 1.32 bits per heavy atom. The van der Waals surface area contributed by atoms with E-state index in [1.165, 1.54) is 0 Å². The first kappa shape index (κ1) is 15.6. The summed E-state index contributed by atoms with van der Waals surface area (Å²) in [6.45, 7) is 2.16. The van der Waals surface area contributed by atoms with E-state index in [2.05, 4.69) is 5.32 Å². The van der Waals surface area contributed by atoms with Crippen molar-refractivity contribution in [3.05, 3.63) is 35.4 Å². The molecule has 0 unspecified atom stereocenters. The normalized spacial score (nSPS) is 11.3. The van der Waals surface area contributed by atoms with Gasteiger partial charge in [-0.05, 0) is 30.9 Å². The highest BCUT2D eigenvalue weighted by atomic mass is 32.3. The zero-order valence-corrected chi connectivity index (χ0v) is 11.7. The molecule has 4 nitrogen and oxygen atoms in total. The first-order valence-electron chi connectivity index (χ1n) is 6.12. The molecule has 0 radical (unpaired) electrons. The van der Waals surface area contributed by atoms with E-state index in [4.69, 9.17) is 0 Å². The molecule has 0 bridgehead atoms. The molecule has 1 amide bonds. The van der Waals surface area contributed by atoms with Crippen molar-refractivity contribution in [2.75, 3.05) is 12.3 Å². The Morgan fingerprint density at radius 2 is 2.00 bits per heavy atom. The van der Waals surface area contributed by atoms with Gasteiger partial charge in [-0.2, -0.15) is 8.42 Å². The van der Waals surface area contributed by atoms with E-state index in [-0.39, 0.29) is 18.9 Å². The fourth-order valence-corrected chi connectivity index (χ4v) is 2.19. The number of hydrogen-bond donors (Lipinski definition) is 1. The zero-order chi connectivity index (χ0) is 14.3. The van der Waals surface area contributed by atoms with Crippen LogP contribution in [0.2, 0.25) is 0 Å². The number of amides is 1. The predicted molar refractivity (Wildman–Crippen MR) is 72.0 cm³/mol. The number of carbonyl (C=O) groups excluding carboxylic acids is 1. The summed E-state index contributed by atoms with van der Waals surface area (Å²) in [6.07, 6.45) is 1.07. The fourth-order valence-electron chi connectivity index (χ4n) is 1.70. The molecule has 1 rings (SSSR count). The van der Waals surface area contributed by atoms with Gasteiger partial charge in [0.25, 0.3) is 0 Å². The number of aryl methyl sites for hydroxylation is 2. The Bertz CT molecular complexity index is 528. The van der Waals surface area contributed by atoms with E-state index < -0.39 is 16.0 Å². The highest BCUT2D eigenvalue weighted by Crippen LogP contribution is 2.09. The zero-order valence-electron chi connectivity index (χ0n) is 10.9. The molecule has 0 spiro atoms. The third kappa shape index (κ3) is 6.91. The maximum atomic E-state index is 12.2. The number of rotatable bonds is 7. The lowest BCUT2D eigenvalue weighted by molar-refractivity contribution is -0.121. The van der Waals surface area contributed by atoms with E-state index in [9.17, 15) is 17.1 Å². The Kier molecular flexibility index (Phi) is 5.95. The number of carbonyl (C=O) groups is 1. The minimum absolute atomic E-state index is 0.0922. The van der Waals surface area contributed by atoms with Gasteiger partial charge in [-0.15, -0.1) is 3.89 Å². The van der Waals surface area contributed by atoms with Crippen LogP contribution < -0.4 is 5.32 Å². The first-order chi connectivity index (χ1) is 8.88. The van der Waals surface area contributed by atoms with E-state index in [1.54, 1.807) is 0 Å². The molecule has 0 fully saturated rings. The lowest BCUT2D eigenvalue weighted by Gasteiger charge is -2.06. The molecular formula is C13H18FNO3S. The number of halogens is 1. The Morgan fingerprint density at radius 3 is 2.63 bits per heavy atom. The molecule has 19 heavy (non-hydrogen) atoms. The van der Waals surface area contributed by atoms with Gasteiger partial charge in [-0.1, -0.05) is 24.3 Å². The third-order valence-corrected chi connectivity index (χ3v) is 3.55. The number of benzene rings is 1. The Balaban J connectivity index is 2.24. The SMILES string of the molecule is Cc1ccccc1CCC(=O)NCCCS(=O)(=O)F. The Hall–Kier alpha value is -1.43. The van der Waals surface area contributed by atoms with E-state index in [0.29, 0.717) is 12.8 Å². The number of nitrogens with one attached hydrogen (secondary N) is 1. The molecule has 0 aliphatic rings. The molecule has 6 heteroatoms. The monoisotopic (exact) mass is 287 g/mol. The van der Waals surface area contributed by atoms with Crippen LogP contribution in [0, 0.1) is 6.92 Å². The molecule has 106 valence electrons. The maximum Gasteiger partial charge on any atom is 0.302 e. The van der Waals surface area contributed by atoms with Crippen molar-refractivity contribution in [1.82, 2.24) is 5.32 Å². The molecule has 0 heterocycles. The molecule has 0 aromatic heterocycles. The molecule has 0 saturated heterocycles. The standard InChI is InChI=1S/C13H18FNO3S/c1-11-5-2-3-6-12(11)7-8-13(16)15-9-4-10-19(14,17)18/h2-3,5-6H,4,7-10H2,1H3,(H,15,16). The van der Waals surface area contributed by atoms with Crippen molar-refractivity contribution < 1.29 is 17.1 Å². The van der Waals surface area contributed by atoms with Crippen LogP contribution in [0.15, 0.2) is 24.3 Å². The molecule has 0 saturated carbocycles. The Labute approximate surface area is 113 Å². The molecular weight excluding hydrogens is 269 g/mol. The summed E-state index contributed by atoms with van der Waals surface area (Å²) in [7, 11) is -4.43. The van der Waals surface area contributed by atoms with E-state index in [1.807, 2.05) is 31.2 Å². The van der Waals surface area contributed by atoms with Crippen molar-refractivity contribution >= 4 is 16.1 Å². The van der Waals surface area contributed by atoms with Crippen LogP contribution >= 0.6 is 0 Å². The van der Waals surface area contributed by atoms with Crippen LogP contribution in [-0.4, -0.2) is 26.6 Å². The minimum atomic E-state index is -4.43. The van der Waals surface area contributed by atoms with Gasteiger partial charge in [0.1, 0.15) is 0 Å². The second kappa shape index (κ2) is 7.23. The first-order valence-corrected chi connectivity index (χ1v) is 7.67. The van der Waals surface area contributed by atoms with Gasteiger partial charge in [-0.25, -0.2) is 0 Å². The van der Waals surface area contributed by atoms with Gasteiger partial charge < -0.3 is 5.32 Å². The van der Waals surface area contributed by atoms with Crippen LogP contribution in [-0.2, 0) is 21.4 Å². The van der Waals surface area contributed by atoms with Gasteiger partial charge in [-0.3, -0.25) is 4.79 Å². The summed E-state index contributed by atoms with van der Waals surface area (Å²) in [5.74, 6) is -0.704. The van der Waals surface area contributed by atoms with Crippen molar-refractivity contribution in [2.45, 2.75) is 26.2 Å². The summed E-state index contributed by atoms with van der Waals surface area (Å²) in [5.41, 5.74) is 2.25. The largest absolute Gasteiger partial charge is 0.356 e. The van der Waals surface area contributed by atoms with Gasteiger partial charge >= 0.3 is 10.2 Å². The molecule has 0 aliphatic heterocycles. The summed E-state index contributed by atoms with van der Waals surface area (Å²) < 4.78 is 32.7. The molecule has 1 aromatic rings. The van der Waals surface area contributed by atoms with Crippen LogP contribution in [0.5, 0.6) is 0 Å². The topological polar surface area (TPSA) is 63.2 Å². The van der Waals surface area contributed by atoms with Crippen LogP contribution in [0.4, 0.5) is 3.89 Å². The van der Waals surface area contributed by atoms with Crippen LogP contribution in [0.1, 0.15) is 24.0 Å². The summed E-state index contributed by atoms with van der Waals surface area (Å²) in [4.78, 5) is 11.5. The van der Waals surface area contributed by atoms with Gasteiger partial charge in [0.05, 0.1) is 5.75 Å². The summed E-state index contributed by atoms with van der Waals surface area (Å²) in [5, 5.41) is 2.57. The van der Waals surface area contributed by atoms with Crippen molar-refractivity contribution in [1.29, 1.82) is 0 Å². The molecule has 1 N–H and O–H groups in total. The van der Waals surface area contributed by atoms with Gasteiger partial charge in [0, 0.05) is 13.0 Å². The molecule has 0 aliphatic carbocycles. The highest BCUT2D eigenvalue weighted by Gasteiger charge is 2.07. The average molecular weight is 287 g/mol. The summed E-state index contributed by atoms with van der Waals surface area (Å²) in [6, 6.07) is 7.82. The van der Waals surface area contributed by atoms with Gasteiger partial charge in [0.15, 0.2) is 0 Å². The van der Waals surface area contributed by atoms with E-state index >= 15 is 0 Å². The minimum Gasteiger partial charge on any atom is -0.356 e. The van der Waals surface area contributed by atoms with Crippen molar-refractivity contribution in [2.24, 2.45) is 0 Å². The third-order valence-electron chi connectivity index (χ3n) is 2.77. The lowest BCUT2D eigenvalue weighted by Crippen LogP contribution is -2.25. The van der Waals surface area contributed by atoms with E-state index in [0.717, 1.165) is 11.1 Å². The van der Waals surface area contributed by atoms with Gasteiger partial charge in [0.2, 0.25) is 5.91 Å². The lowest BCUT2D eigenvalue weighted by atomic mass is 10.0. The highest BCUT2D eigenvalue weighted by molar-refractivity contribution is 7.86. The smallest absolute Gasteiger partial charge is 0.302 e.